The molecule has 0 saturated heterocycles. The van der Waals surface area contributed by atoms with Crippen LogP contribution in [0.3, 0.4) is 0 Å². The third-order valence-corrected chi connectivity index (χ3v) is 2.16. The fourth-order valence-corrected chi connectivity index (χ4v) is 1.38. The van der Waals surface area contributed by atoms with Crippen LogP contribution in [-0.4, -0.2) is 16.9 Å². The van der Waals surface area contributed by atoms with Crippen molar-refractivity contribution in [2.45, 2.75) is 0 Å². The van der Waals surface area contributed by atoms with Crippen LogP contribution in [0.5, 0.6) is 0 Å². The standard InChI is InChI=1S/C9H4ClNO3/c10-8(13)4-1-2-6-5(3-4)7(12)9(14)11-6/h1-3H,(H,11,12,14). The van der Waals surface area contributed by atoms with Gasteiger partial charge in [0.1, 0.15) is 0 Å². The zero-order valence-corrected chi connectivity index (χ0v) is 7.59. The summed E-state index contributed by atoms with van der Waals surface area (Å²) in [6.45, 7) is 0. The molecule has 1 aromatic rings. The molecule has 1 N–H and O–H groups in total. The van der Waals surface area contributed by atoms with Gasteiger partial charge >= 0.3 is 0 Å². The smallest absolute Gasteiger partial charge is 0.296 e. The van der Waals surface area contributed by atoms with Crippen molar-refractivity contribution in [3.63, 3.8) is 0 Å². The Labute approximate surface area is 83.9 Å². The van der Waals surface area contributed by atoms with Crippen LogP contribution >= 0.6 is 11.6 Å². The predicted octanol–water partition coefficient (Wildman–Crippen LogP) is 1.20. The zero-order valence-electron chi connectivity index (χ0n) is 6.83. The van der Waals surface area contributed by atoms with Crippen molar-refractivity contribution in [2.24, 2.45) is 0 Å². The van der Waals surface area contributed by atoms with Gasteiger partial charge in [0.2, 0.25) is 0 Å². The van der Waals surface area contributed by atoms with E-state index in [1.54, 1.807) is 0 Å². The number of Topliss-reactive ketones (excluding diaryl/α,β-unsaturated/α-hetero) is 1. The maximum absolute atomic E-state index is 11.2. The third-order valence-electron chi connectivity index (χ3n) is 1.95. The molecule has 0 aliphatic carbocycles. The Balaban J connectivity index is 2.57. The second-order valence-electron chi connectivity index (χ2n) is 2.82. The first kappa shape index (κ1) is 8.90. The van der Waals surface area contributed by atoms with E-state index in [1.807, 2.05) is 0 Å². The number of halogens is 1. The fourth-order valence-electron chi connectivity index (χ4n) is 1.26. The number of hydrogen-bond donors (Lipinski definition) is 1. The molecule has 14 heavy (non-hydrogen) atoms. The molecule has 0 spiro atoms. The van der Waals surface area contributed by atoms with Crippen molar-refractivity contribution >= 4 is 34.2 Å². The van der Waals surface area contributed by atoms with E-state index in [2.05, 4.69) is 5.32 Å². The minimum absolute atomic E-state index is 0.196. The fraction of sp³-hybridized carbons (Fsp3) is 0. The van der Waals surface area contributed by atoms with Crippen molar-refractivity contribution < 1.29 is 14.4 Å². The van der Waals surface area contributed by atoms with Gasteiger partial charge in [-0.1, -0.05) is 0 Å². The predicted molar refractivity (Wildman–Crippen MR) is 49.6 cm³/mol. The van der Waals surface area contributed by atoms with Gasteiger partial charge in [-0.3, -0.25) is 14.4 Å². The maximum Gasteiger partial charge on any atom is 0.296 e. The Bertz CT molecular complexity index is 467. The Morgan fingerprint density at radius 3 is 2.64 bits per heavy atom. The molecule has 5 heteroatoms. The van der Waals surface area contributed by atoms with Crippen molar-refractivity contribution in [3.05, 3.63) is 29.3 Å². The lowest BCUT2D eigenvalue weighted by molar-refractivity contribution is -0.112. The van der Waals surface area contributed by atoms with E-state index in [0.717, 1.165) is 0 Å². The number of fused-ring (bicyclic) bond motifs is 1. The van der Waals surface area contributed by atoms with Gasteiger partial charge in [-0.25, -0.2) is 0 Å². The molecule has 0 radical (unpaired) electrons. The van der Waals surface area contributed by atoms with Crippen LogP contribution in [0, 0.1) is 0 Å². The number of carbonyl (C=O) groups is 3. The molecular formula is C9H4ClNO3. The van der Waals surface area contributed by atoms with E-state index in [0.29, 0.717) is 5.69 Å². The first-order valence-electron chi connectivity index (χ1n) is 3.79. The quantitative estimate of drug-likeness (QED) is 0.558. The average Bonchev–Trinajstić information content (AvgIpc) is 2.43. The Morgan fingerprint density at radius 1 is 1.29 bits per heavy atom. The minimum atomic E-state index is -0.681. The average molecular weight is 210 g/mol. The van der Waals surface area contributed by atoms with Gasteiger partial charge in [0, 0.05) is 5.56 Å². The lowest BCUT2D eigenvalue weighted by Gasteiger charge is -1.97. The molecule has 1 amide bonds. The molecule has 0 saturated carbocycles. The number of hydrogen-bond acceptors (Lipinski definition) is 3. The van der Waals surface area contributed by atoms with Crippen molar-refractivity contribution in [1.82, 2.24) is 0 Å². The first-order valence-corrected chi connectivity index (χ1v) is 4.17. The highest BCUT2D eigenvalue weighted by atomic mass is 35.5. The monoisotopic (exact) mass is 209 g/mol. The van der Waals surface area contributed by atoms with E-state index in [-0.39, 0.29) is 11.1 Å². The number of nitrogens with one attached hydrogen (secondary N) is 1. The summed E-state index contributed by atoms with van der Waals surface area (Å²) in [5.74, 6) is -1.32. The van der Waals surface area contributed by atoms with E-state index in [4.69, 9.17) is 11.6 Å². The van der Waals surface area contributed by atoms with Crippen LogP contribution in [0.15, 0.2) is 18.2 Å². The first-order chi connectivity index (χ1) is 6.59. The molecule has 0 fully saturated rings. The van der Waals surface area contributed by atoms with E-state index in [9.17, 15) is 14.4 Å². The molecule has 1 heterocycles. The number of ketones is 1. The highest BCUT2D eigenvalue weighted by Gasteiger charge is 2.28. The number of benzene rings is 1. The van der Waals surface area contributed by atoms with Gasteiger partial charge in [0.05, 0.1) is 11.3 Å². The van der Waals surface area contributed by atoms with Crippen molar-refractivity contribution in [1.29, 1.82) is 0 Å². The molecule has 0 unspecified atom stereocenters. The molecule has 0 atom stereocenters. The third kappa shape index (κ3) is 1.20. The van der Waals surface area contributed by atoms with Gasteiger partial charge < -0.3 is 5.32 Å². The van der Waals surface area contributed by atoms with Crippen LogP contribution in [-0.2, 0) is 4.79 Å². The Kier molecular flexibility index (Phi) is 1.86. The number of rotatable bonds is 1. The molecule has 0 aromatic heterocycles. The van der Waals surface area contributed by atoms with Crippen LogP contribution in [0.4, 0.5) is 5.69 Å². The summed E-state index contributed by atoms with van der Waals surface area (Å²) >= 11 is 5.23. The minimum Gasteiger partial charge on any atom is -0.318 e. The highest BCUT2D eigenvalue weighted by molar-refractivity contribution is 6.68. The molecule has 2 rings (SSSR count). The molecule has 0 bridgehead atoms. The number of carbonyl (C=O) groups excluding carboxylic acids is 3. The van der Waals surface area contributed by atoms with Crippen LogP contribution in [0.25, 0.3) is 0 Å². The topological polar surface area (TPSA) is 63.2 Å². The summed E-state index contributed by atoms with van der Waals surface area (Å²) < 4.78 is 0. The zero-order chi connectivity index (χ0) is 10.3. The van der Waals surface area contributed by atoms with Crippen molar-refractivity contribution in [2.75, 3.05) is 5.32 Å². The lowest BCUT2D eigenvalue weighted by atomic mass is 10.1. The SMILES string of the molecule is O=C1Nc2ccc(C(=O)Cl)cc2C1=O. The number of anilines is 1. The molecule has 1 aliphatic rings. The van der Waals surface area contributed by atoms with Crippen molar-refractivity contribution in [3.8, 4) is 0 Å². The summed E-state index contributed by atoms with van der Waals surface area (Å²) in [7, 11) is 0. The van der Waals surface area contributed by atoms with Gasteiger partial charge in [-0.05, 0) is 29.8 Å². The van der Waals surface area contributed by atoms with E-state index >= 15 is 0 Å². The maximum atomic E-state index is 11.2. The summed E-state index contributed by atoms with van der Waals surface area (Å²) in [4.78, 5) is 32.9. The molecular weight excluding hydrogens is 206 g/mol. The Morgan fingerprint density at radius 2 is 2.00 bits per heavy atom. The van der Waals surface area contributed by atoms with Gasteiger partial charge in [-0.15, -0.1) is 0 Å². The summed E-state index contributed by atoms with van der Waals surface area (Å²) in [5, 5.41) is 1.72. The molecule has 70 valence electrons. The Hall–Kier alpha value is -1.68. The lowest BCUT2D eigenvalue weighted by Crippen LogP contribution is -2.12. The second-order valence-corrected chi connectivity index (χ2v) is 3.16. The summed E-state index contributed by atoms with van der Waals surface area (Å²) in [5.41, 5.74) is 0.818. The van der Waals surface area contributed by atoms with Crippen LogP contribution in [0.1, 0.15) is 20.7 Å². The van der Waals surface area contributed by atoms with E-state index < -0.39 is 16.9 Å². The highest BCUT2D eigenvalue weighted by Crippen LogP contribution is 2.24. The largest absolute Gasteiger partial charge is 0.318 e. The van der Waals surface area contributed by atoms with Crippen LogP contribution < -0.4 is 5.32 Å². The van der Waals surface area contributed by atoms with Gasteiger partial charge in [0.25, 0.3) is 16.9 Å². The normalized spacial score (nSPS) is 13.8. The molecule has 4 nitrogen and oxygen atoms in total. The second kappa shape index (κ2) is 2.92. The van der Waals surface area contributed by atoms with Gasteiger partial charge in [-0.2, -0.15) is 0 Å². The summed E-state index contributed by atoms with van der Waals surface area (Å²) in [6, 6.07) is 4.24. The van der Waals surface area contributed by atoms with Crippen LogP contribution in [0.2, 0.25) is 0 Å². The molecule has 1 aromatic carbocycles. The number of amides is 1. The van der Waals surface area contributed by atoms with E-state index in [1.165, 1.54) is 18.2 Å². The van der Waals surface area contributed by atoms with Gasteiger partial charge in [0.15, 0.2) is 0 Å². The summed E-state index contributed by atoms with van der Waals surface area (Å²) in [6.07, 6.45) is 0. The molecule has 1 aliphatic heterocycles.